The summed E-state index contributed by atoms with van der Waals surface area (Å²) in [5.74, 6) is -11.2. The van der Waals surface area contributed by atoms with Gasteiger partial charge in [-0.3, -0.25) is 33.8 Å². The van der Waals surface area contributed by atoms with Crippen LogP contribution in [0.3, 0.4) is 0 Å². The molecule has 44 heavy (non-hydrogen) atoms. The van der Waals surface area contributed by atoms with Gasteiger partial charge in [0, 0.05) is 17.1 Å². The first-order valence-corrected chi connectivity index (χ1v) is 13.8. The predicted molar refractivity (Wildman–Crippen MR) is 151 cm³/mol. The van der Waals surface area contributed by atoms with Crippen molar-refractivity contribution in [3.8, 4) is 5.75 Å². The van der Waals surface area contributed by atoms with Crippen LogP contribution in [-0.2, 0) is 20.9 Å². The lowest BCUT2D eigenvalue weighted by Gasteiger charge is -2.53. The third-order valence-electron chi connectivity index (χ3n) is 9.42. The summed E-state index contributed by atoms with van der Waals surface area (Å²) in [4.78, 5) is 67.7. The fourth-order valence-corrected chi connectivity index (χ4v) is 7.34. The second-order valence-electron chi connectivity index (χ2n) is 11.8. The maximum Gasteiger partial charge on any atom is 0.261 e. The first-order chi connectivity index (χ1) is 20.7. The molecule has 0 radical (unpaired) electrons. The third kappa shape index (κ3) is 3.54. The molecule has 13 nitrogen and oxygen atoms in total. The van der Waals surface area contributed by atoms with Gasteiger partial charge in [0.05, 0.1) is 41.3 Å². The summed E-state index contributed by atoms with van der Waals surface area (Å²) in [5, 5.41) is 57.4. The van der Waals surface area contributed by atoms with Crippen LogP contribution in [0.15, 0.2) is 53.3 Å². The molecule has 0 bridgehead atoms. The number of carbonyl (C=O) groups is 5. The third-order valence-corrected chi connectivity index (χ3v) is 9.42. The average molecular weight is 604 g/mol. The standard InChI is InChI=1S/C31H29N3O10/c1-11-13-9-8-12(10-34-29(42)14-6-4-5-7-15(14)30(34)43)22(35)17(13)23(36)18-16(11)24(37)20-21(33(2)3)25(38)19(28(32)41)27(40)31(20,44)26(18)39/h4-9,11,16,20-21,24,35-37,40,44H,10H2,1-3H3,(H2,32,41)/t11-,16+,20+,21-,24-,31-/m0/s1. The molecule has 0 unspecified atom stereocenters. The number of phenolic OH excluding ortho intramolecular Hbond substituents is 1. The zero-order chi connectivity index (χ0) is 32.2. The first kappa shape index (κ1) is 29.2. The summed E-state index contributed by atoms with van der Waals surface area (Å²) in [5.41, 5.74) is 1.31. The molecule has 228 valence electrons. The number of carbonyl (C=O) groups excluding carboxylic acids is 5. The summed E-state index contributed by atoms with van der Waals surface area (Å²) in [6, 6.07) is 7.77. The molecule has 2 aromatic carbocycles. The first-order valence-electron chi connectivity index (χ1n) is 13.8. The van der Waals surface area contributed by atoms with Crippen molar-refractivity contribution >= 4 is 35.0 Å². The van der Waals surface area contributed by atoms with Crippen LogP contribution in [0.1, 0.15) is 50.2 Å². The zero-order valence-corrected chi connectivity index (χ0v) is 23.8. The van der Waals surface area contributed by atoms with Gasteiger partial charge in [0.1, 0.15) is 22.8 Å². The van der Waals surface area contributed by atoms with Crippen molar-refractivity contribution in [2.24, 2.45) is 17.6 Å². The van der Waals surface area contributed by atoms with E-state index in [4.69, 9.17) is 5.73 Å². The van der Waals surface area contributed by atoms with E-state index >= 15 is 0 Å². The van der Waals surface area contributed by atoms with Crippen molar-refractivity contribution in [1.82, 2.24) is 9.80 Å². The number of Topliss-reactive ketones (excluding diaryl/α,β-unsaturated/α-hetero) is 2. The Bertz CT molecular complexity index is 1760. The number of phenols is 1. The molecule has 4 aliphatic rings. The van der Waals surface area contributed by atoms with Crippen molar-refractivity contribution in [2.45, 2.75) is 37.1 Å². The quantitative estimate of drug-likeness (QED) is 0.206. The molecule has 1 fully saturated rings. The van der Waals surface area contributed by atoms with Gasteiger partial charge in [0.25, 0.3) is 17.7 Å². The molecule has 13 heteroatoms. The fourth-order valence-electron chi connectivity index (χ4n) is 7.34. The number of primary amides is 1. The number of aliphatic hydroxyl groups excluding tert-OH is 3. The van der Waals surface area contributed by atoms with E-state index < -0.39 is 93.2 Å². The molecular weight excluding hydrogens is 574 g/mol. The Morgan fingerprint density at radius 1 is 1.00 bits per heavy atom. The Hall–Kier alpha value is -4.85. The van der Waals surface area contributed by atoms with Crippen LogP contribution in [0.5, 0.6) is 5.75 Å². The van der Waals surface area contributed by atoms with E-state index in [-0.39, 0.29) is 28.8 Å². The van der Waals surface area contributed by atoms with Gasteiger partial charge >= 0.3 is 0 Å². The number of imide groups is 1. The maximum atomic E-state index is 14.1. The minimum atomic E-state index is -3.03. The van der Waals surface area contributed by atoms with Crippen LogP contribution < -0.4 is 5.73 Å². The number of fused-ring (bicyclic) bond motifs is 4. The molecule has 6 atom stereocenters. The van der Waals surface area contributed by atoms with E-state index in [0.717, 1.165) is 4.90 Å². The SMILES string of the molecule is C[C@H]1c2ccc(CN3C(=O)c4ccccc4C3=O)c(O)c2C(O)=C2C(=O)[C@]3(O)C(O)=C(C(N)=O)C(=O)[C@@H](N(C)C)[C@@H]3[C@@H](O)[C@@H]21. The molecule has 1 aliphatic heterocycles. The Kier molecular flexibility index (Phi) is 6.36. The van der Waals surface area contributed by atoms with Gasteiger partial charge < -0.3 is 31.3 Å². The van der Waals surface area contributed by atoms with Gasteiger partial charge in [0.15, 0.2) is 11.4 Å². The lowest BCUT2D eigenvalue weighted by atomic mass is 9.54. The number of hydrogen-bond acceptors (Lipinski definition) is 11. The van der Waals surface area contributed by atoms with Crippen LogP contribution in [0.2, 0.25) is 0 Å². The molecular formula is C31H29N3O10. The van der Waals surface area contributed by atoms with Crippen molar-refractivity contribution in [1.29, 1.82) is 0 Å². The second-order valence-corrected chi connectivity index (χ2v) is 11.8. The number of nitrogens with zero attached hydrogens (tertiary/aromatic N) is 2. The Balaban J connectivity index is 1.50. The highest BCUT2D eigenvalue weighted by Gasteiger charge is 2.68. The molecule has 2 aromatic rings. The Labute approximate surface area is 250 Å². The van der Waals surface area contributed by atoms with E-state index in [1.807, 2.05) is 0 Å². The van der Waals surface area contributed by atoms with Crippen molar-refractivity contribution in [2.75, 3.05) is 14.1 Å². The van der Waals surface area contributed by atoms with Crippen LogP contribution in [0.4, 0.5) is 0 Å². The predicted octanol–water partition coefficient (Wildman–Crippen LogP) is 0.292. The van der Waals surface area contributed by atoms with Crippen molar-refractivity contribution < 1.29 is 49.5 Å². The fraction of sp³-hybridized carbons (Fsp3) is 0.323. The van der Waals surface area contributed by atoms with E-state index in [9.17, 15) is 49.5 Å². The smallest absolute Gasteiger partial charge is 0.261 e. The molecule has 7 N–H and O–H groups in total. The van der Waals surface area contributed by atoms with Crippen LogP contribution in [0.25, 0.3) is 5.76 Å². The second kappa shape index (κ2) is 9.58. The van der Waals surface area contributed by atoms with Gasteiger partial charge in [-0.1, -0.05) is 31.2 Å². The molecule has 1 saturated carbocycles. The molecule has 0 spiro atoms. The topological polar surface area (TPSA) is 219 Å². The number of nitrogens with two attached hydrogens (primary N) is 1. The number of rotatable bonds is 4. The van der Waals surface area contributed by atoms with E-state index in [1.54, 1.807) is 19.1 Å². The van der Waals surface area contributed by atoms with Gasteiger partial charge in [-0.05, 0) is 37.7 Å². The molecule has 0 saturated heterocycles. The molecule has 0 aromatic heterocycles. The molecule has 6 rings (SSSR count). The van der Waals surface area contributed by atoms with Crippen molar-refractivity contribution in [3.05, 3.63) is 81.1 Å². The molecule has 3 aliphatic carbocycles. The Morgan fingerprint density at radius 2 is 1.59 bits per heavy atom. The van der Waals surface area contributed by atoms with E-state index in [1.165, 1.54) is 43.3 Å². The largest absolute Gasteiger partial charge is 0.508 e. The van der Waals surface area contributed by atoms with Crippen molar-refractivity contribution in [3.63, 3.8) is 0 Å². The number of benzene rings is 2. The molecule has 1 heterocycles. The number of aromatic hydroxyl groups is 1. The average Bonchev–Trinajstić information content (AvgIpc) is 3.20. The Morgan fingerprint density at radius 3 is 2.14 bits per heavy atom. The lowest BCUT2D eigenvalue weighted by Crippen LogP contribution is -2.70. The van der Waals surface area contributed by atoms with E-state index in [0.29, 0.717) is 5.56 Å². The van der Waals surface area contributed by atoms with Gasteiger partial charge in [-0.25, -0.2) is 0 Å². The minimum Gasteiger partial charge on any atom is -0.508 e. The lowest BCUT2D eigenvalue weighted by molar-refractivity contribution is -0.169. The van der Waals surface area contributed by atoms with Crippen LogP contribution in [-0.4, -0.2) is 96.5 Å². The van der Waals surface area contributed by atoms with E-state index in [2.05, 4.69) is 0 Å². The summed E-state index contributed by atoms with van der Waals surface area (Å²) >= 11 is 0. The zero-order valence-electron chi connectivity index (χ0n) is 23.8. The van der Waals surface area contributed by atoms with Crippen LogP contribution in [0, 0.1) is 11.8 Å². The number of amides is 3. The monoisotopic (exact) mass is 603 g/mol. The van der Waals surface area contributed by atoms with Gasteiger partial charge in [-0.2, -0.15) is 0 Å². The maximum absolute atomic E-state index is 14.1. The summed E-state index contributed by atoms with van der Waals surface area (Å²) in [6.45, 7) is 1.24. The number of ketones is 2. The summed E-state index contributed by atoms with van der Waals surface area (Å²) in [6.07, 6.45) is -1.72. The van der Waals surface area contributed by atoms with Gasteiger partial charge in [0.2, 0.25) is 5.78 Å². The number of likely N-dealkylation sites (N-methyl/N-ethyl adjacent to an activating group) is 1. The molecule has 3 amide bonds. The summed E-state index contributed by atoms with van der Waals surface area (Å²) < 4.78 is 0. The highest BCUT2D eigenvalue weighted by atomic mass is 16.4. The van der Waals surface area contributed by atoms with Gasteiger partial charge in [-0.15, -0.1) is 0 Å². The normalized spacial score (nSPS) is 29.6. The number of hydrogen-bond donors (Lipinski definition) is 6. The van der Waals surface area contributed by atoms with Crippen LogP contribution >= 0.6 is 0 Å². The summed E-state index contributed by atoms with van der Waals surface area (Å²) in [7, 11) is 2.86. The number of aliphatic hydroxyl groups is 4. The highest BCUT2D eigenvalue weighted by molar-refractivity contribution is 6.25. The minimum absolute atomic E-state index is 0.0612. The highest BCUT2D eigenvalue weighted by Crippen LogP contribution is 2.56.